The van der Waals surface area contributed by atoms with Gasteiger partial charge in [-0.2, -0.15) is 0 Å². The van der Waals surface area contributed by atoms with Gasteiger partial charge in [-0.15, -0.1) is 0 Å². The van der Waals surface area contributed by atoms with E-state index in [2.05, 4.69) is 21.2 Å². The molecule has 0 aliphatic heterocycles. The molecule has 3 N–H and O–H groups in total. The zero-order chi connectivity index (χ0) is 13.0. The van der Waals surface area contributed by atoms with Crippen molar-refractivity contribution in [2.24, 2.45) is 5.73 Å². The normalized spacial score (nSPS) is 11.9. The van der Waals surface area contributed by atoms with Crippen LogP contribution in [-0.2, 0) is 4.79 Å². The topological polar surface area (TPSA) is 72.2 Å². The molecule has 1 unspecified atom stereocenters. The quantitative estimate of drug-likeness (QED) is 0.886. The Bertz CT molecular complexity index is 451. The first-order valence-electron chi connectivity index (χ1n) is 4.94. The van der Waals surface area contributed by atoms with Crippen molar-refractivity contribution in [2.45, 2.75) is 19.4 Å². The first-order chi connectivity index (χ1) is 7.90. The van der Waals surface area contributed by atoms with Crippen LogP contribution in [-0.4, -0.2) is 17.9 Å². The Kier molecular flexibility index (Phi) is 4.62. The third-order valence-electron chi connectivity index (χ3n) is 2.06. The highest BCUT2D eigenvalue weighted by Crippen LogP contribution is 2.17. The van der Waals surface area contributed by atoms with Crippen LogP contribution in [0.15, 0.2) is 22.7 Å². The van der Waals surface area contributed by atoms with Crippen molar-refractivity contribution in [1.29, 1.82) is 0 Å². The average Bonchev–Trinajstić information content (AvgIpc) is 2.20. The van der Waals surface area contributed by atoms with E-state index in [1.54, 1.807) is 6.92 Å². The summed E-state index contributed by atoms with van der Waals surface area (Å²) in [5.41, 5.74) is 5.18. The van der Waals surface area contributed by atoms with Crippen LogP contribution in [0.4, 0.5) is 4.39 Å². The van der Waals surface area contributed by atoms with Crippen molar-refractivity contribution in [1.82, 2.24) is 5.32 Å². The molecule has 0 heterocycles. The van der Waals surface area contributed by atoms with Gasteiger partial charge in [0.05, 0.1) is 5.56 Å². The number of hydrogen-bond donors (Lipinski definition) is 2. The van der Waals surface area contributed by atoms with E-state index in [4.69, 9.17) is 5.73 Å². The first kappa shape index (κ1) is 13.6. The predicted octanol–water partition coefficient (Wildman–Crippen LogP) is 1.58. The molecule has 1 aromatic carbocycles. The van der Waals surface area contributed by atoms with Gasteiger partial charge in [-0.1, -0.05) is 0 Å². The van der Waals surface area contributed by atoms with Gasteiger partial charge < -0.3 is 11.1 Å². The van der Waals surface area contributed by atoms with E-state index in [0.29, 0.717) is 4.47 Å². The molecule has 0 fully saturated rings. The molecule has 0 aliphatic carbocycles. The van der Waals surface area contributed by atoms with Crippen LogP contribution in [0.2, 0.25) is 0 Å². The van der Waals surface area contributed by atoms with Crippen molar-refractivity contribution < 1.29 is 14.0 Å². The summed E-state index contributed by atoms with van der Waals surface area (Å²) in [7, 11) is 0. The fourth-order valence-electron chi connectivity index (χ4n) is 1.33. The van der Waals surface area contributed by atoms with Crippen LogP contribution >= 0.6 is 15.9 Å². The molecule has 0 saturated heterocycles. The van der Waals surface area contributed by atoms with Crippen LogP contribution < -0.4 is 11.1 Å². The maximum Gasteiger partial charge on any atom is 0.252 e. The lowest BCUT2D eigenvalue weighted by Crippen LogP contribution is -2.35. The highest BCUT2D eigenvalue weighted by atomic mass is 79.9. The molecule has 92 valence electrons. The Balaban J connectivity index is 2.76. The summed E-state index contributed by atoms with van der Waals surface area (Å²) < 4.78 is 13.5. The molecule has 6 heteroatoms. The summed E-state index contributed by atoms with van der Waals surface area (Å²) in [6.07, 6.45) is 0.0404. The maximum atomic E-state index is 13.0. The van der Waals surface area contributed by atoms with Crippen LogP contribution in [0.5, 0.6) is 0 Å². The summed E-state index contributed by atoms with van der Waals surface area (Å²) >= 11 is 3.15. The number of halogens is 2. The average molecular weight is 303 g/mol. The number of hydrogen-bond acceptors (Lipinski definition) is 2. The molecule has 0 aliphatic rings. The number of benzene rings is 1. The van der Waals surface area contributed by atoms with Gasteiger partial charge in [-0.25, -0.2) is 4.39 Å². The fourth-order valence-corrected chi connectivity index (χ4v) is 1.75. The summed E-state index contributed by atoms with van der Waals surface area (Å²) in [6.45, 7) is 1.65. The van der Waals surface area contributed by atoms with Gasteiger partial charge in [-0.05, 0) is 41.1 Å². The van der Waals surface area contributed by atoms with Crippen molar-refractivity contribution in [3.63, 3.8) is 0 Å². The molecule has 0 saturated carbocycles. The minimum atomic E-state index is -0.504. The van der Waals surface area contributed by atoms with Crippen molar-refractivity contribution in [3.8, 4) is 0 Å². The van der Waals surface area contributed by atoms with E-state index >= 15 is 0 Å². The Morgan fingerprint density at radius 3 is 2.76 bits per heavy atom. The van der Waals surface area contributed by atoms with E-state index in [9.17, 15) is 14.0 Å². The van der Waals surface area contributed by atoms with Gasteiger partial charge in [-0.3, -0.25) is 9.59 Å². The summed E-state index contributed by atoms with van der Waals surface area (Å²) in [5.74, 6) is -1.46. The van der Waals surface area contributed by atoms with Crippen molar-refractivity contribution in [3.05, 3.63) is 34.1 Å². The Hall–Kier alpha value is -1.43. The summed E-state index contributed by atoms with van der Waals surface area (Å²) in [5, 5.41) is 2.56. The number of rotatable bonds is 4. The Labute approximate surface area is 107 Å². The smallest absolute Gasteiger partial charge is 0.252 e. The molecular formula is C11H12BrFN2O2. The lowest BCUT2D eigenvalue weighted by atomic mass is 10.1. The van der Waals surface area contributed by atoms with Gasteiger partial charge in [0.15, 0.2) is 0 Å². The number of carbonyl (C=O) groups is 2. The molecule has 0 spiro atoms. The molecule has 0 bridgehead atoms. The van der Waals surface area contributed by atoms with Crippen LogP contribution in [0.3, 0.4) is 0 Å². The molecule has 17 heavy (non-hydrogen) atoms. The number of nitrogens with two attached hydrogens (primary N) is 1. The second-order valence-electron chi connectivity index (χ2n) is 3.67. The van der Waals surface area contributed by atoms with E-state index in [0.717, 1.165) is 6.07 Å². The van der Waals surface area contributed by atoms with Crippen LogP contribution in [0.1, 0.15) is 23.7 Å². The SMILES string of the molecule is CC(CC(N)=O)NC(=O)c1cc(F)ccc1Br. The van der Waals surface area contributed by atoms with Crippen LogP contribution in [0.25, 0.3) is 0 Å². The fraction of sp³-hybridized carbons (Fsp3) is 0.273. The molecule has 0 aromatic heterocycles. The molecular weight excluding hydrogens is 291 g/mol. The highest BCUT2D eigenvalue weighted by Gasteiger charge is 2.14. The Morgan fingerprint density at radius 2 is 2.18 bits per heavy atom. The molecule has 1 atom stereocenters. The second-order valence-corrected chi connectivity index (χ2v) is 4.52. The van der Waals surface area contributed by atoms with E-state index in [1.807, 2.05) is 0 Å². The van der Waals surface area contributed by atoms with Crippen molar-refractivity contribution in [2.75, 3.05) is 0 Å². The lowest BCUT2D eigenvalue weighted by Gasteiger charge is -2.12. The minimum Gasteiger partial charge on any atom is -0.370 e. The molecule has 2 amide bonds. The highest BCUT2D eigenvalue weighted by molar-refractivity contribution is 9.10. The van der Waals surface area contributed by atoms with Gasteiger partial charge in [0.2, 0.25) is 5.91 Å². The molecule has 1 rings (SSSR count). The summed E-state index contributed by atoms with van der Waals surface area (Å²) in [4.78, 5) is 22.4. The predicted molar refractivity (Wildman–Crippen MR) is 64.8 cm³/mol. The molecule has 0 radical (unpaired) electrons. The van der Waals surface area contributed by atoms with Crippen LogP contribution in [0, 0.1) is 5.82 Å². The van der Waals surface area contributed by atoms with E-state index < -0.39 is 23.7 Å². The Morgan fingerprint density at radius 1 is 1.53 bits per heavy atom. The summed E-state index contributed by atoms with van der Waals surface area (Å²) in [6, 6.07) is 3.42. The van der Waals surface area contributed by atoms with Gasteiger partial charge in [0, 0.05) is 16.9 Å². The zero-order valence-corrected chi connectivity index (χ0v) is 10.8. The number of amides is 2. The zero-order valence-electron chi connectivity index (χ0n) is 9.17. The lowest BCUT2D eigenvalue weighted by molar-refractivity contribution is -0.118. The van der Waals surface area contributed by atoms with Gasteiger partial charge in [0.1, 0.15) is 5.82 Å². The third-order valence-corrected chi connectivity index (χ3v) is 2.75. The van der Waals surface area contributed by atoms with Gasteiger partial charge in [0.25, 0.3) is 5.91 Å². The first-order valence-corrected chi connectivity index (χ1v) is 5.73. The number of nitrogens with one attached hydrogen (secondary N) is 1. The minimum absolute atomic E-state index is 0.0404. The molecule has 4 nitrogen and oxygen atoms in total. The second kappa shape index (κ2) is 5.77. The standard InChI is InChI=1S/C11H12BrFN2O2/c1-6(4-10(14)16)15-11(17)8-5-7(13)2-3-9(8)12/h2-3,5-6H,4H2,1H3,(H2,14,16)(H,15,17). The largest absolute Gasteiger partial charge is 0.370 e. The van der Waals surface area contributed by atoms with E-state index in [1.165, 1.54) is 12.1 Å². The third kappa shape index (κ3) is 4.14. The monoisotopic (exact) mass is 302 g/mol. The van der Waals surface area contributed by atoms with Gasteiger partial charge >= 0.3 is 0 Å². The number of carbonyl (C=O) groups excluding carboxylic acids is 2. The molecule has 1 aromatic rings. The van der Waals surface area contributed by atoms with Crippen molar-refractivity contribution >= 4 is 27.7 Å². The van der Waals surface area contributed by atoms with E-state index in [-0.39, 0.29) is 12.0 Å². The maximum absolute atomic E-state index is 13.0. The number of primary amides is 1.